The zero-order valence-corrected chi connectivity index (χ0v) is 9.45. The van der Waals surface area contributed by atoms with E-state index in [4.69, 9.17) is 5.73 Å². The Morgan fingerprint density at radius 3 is 2.67 bits per heavy atom. The van der Waals surface area contributed by atoms with Gasteiger partial charge in [0, 0.05) is 19.6 Å². The minimum atomic E-state index is 0.652. The molecule has 1 aliphatic heterocycles. The van der Waals surface area contributed by atoms with Crippen LogP contribution in [0.1, 0.15) is 24.5 Å². The maximum absolute atomic E-state index is 5.73. The second kappa shape index (κ2) is 4.77. The molecule has 2 rings (SSSR count). The van der Waals surface area contributed by atoms with Gasteiger partial charge in [-0.25, -0.2) is 0 Å². The average Bonchev–Trinajstić information content (AvgIpc) is 2.65. The molecule has 1 heterocycles. The molecule has 0 spiro atoms. The fraction of sp³-hybridized carbons (Fsp3) is 0.538. The summed E-state index contributed by atoms with van der Waals surface area (Å²) >= 11 is 0. The van der Waals surface area contributed by atoms with Crippen LogP contribution in [0.3, 0.4) is 0 Å². The Bertz CT molecular complexity index is 322. The first-order chi connectivity index (χ1) is 7.29. The zero-order valence-electron chi connectivity index (χ0n) is 9.45. The van der Waals surface area contributed by atoms with Gasteiger partial charge < -0.3 is 5.73 Å². The van der Waals surface area contributed by atoms with Crippen molar-refractivity contribution in [2.75, 3.05) is 13.1 Å². The molecule has 15 heavy (non-hydrogen) atoms. The molecule has 2 N–H and O–H groups in total. The Kier molecular flexibility index (Phi) is 3.39. The summed E-state index contributed by atoms with van der Waals surface area (Å²) in [7, 11) is 0. The van der Waals surface area contributed by atoms with E-state index in [-0.39, 0.29) is 0 Å². The van der Waals surface area contributed by atoms with E-state index in [1.807, 2.05) is 0 Å². The van der Waals surface area contributed by atoms with Crippen molar-refractivity contribution in [2.45, 2.75) is 26.4 Å². The van der Waals surface area contributed by atoms with Crippen LogP contribution in [0.2, 0.25) is 0 Å². The maximum Gasteiger partial charge on any atom is 0.0237 e. The Labute approximate surface area is 92.1 Å². The number of likely N-dealkylation sites (tertiary alicyclic amines) is 1. The molecule has 2 nitrogen and oxygen atoms in total. The summed E-state index contributed by atoms with van der Waals surface area (Å²) in [5.41, 5.74) is 8.42. The lowest BCUT2D eigenvalue weighted by molar-refractivity contribution is 0.319. The summed E-state index contributed by atoms with van der Waals surface area (Å²) in [6.07, 6.45) is 1.34. The lowest BCUT2D eigenvalue weighted by atomic mass is 10.1. The van der Waals surface area contributed by atoms with E-state index in [9.17, 15) is 0 Å². The van der Waals surface area contributed by atoms with Crippen LogP contribution in [-0.2, 0) is 13.1 Å². The van der Waals surface area contributed by atoms with Crippen LogP contribution in [-0.4, -0.2) is 18.0 Å². The first kappa shape index (κ1) is 10.7. The van der Waals surface area contributed by atoms with Crippen molar-refractivity contribution in [2.24, 2.45) is 11.7 Å². The highest BCUT2D eigenvalue weighted by Gasteiger charge is 2.18. The molecule has 1 aromatic rings. The van der Waals surface area contributed by atoms with Gasteiger partial charge in [0.15, 0.2) is 0 Å². The summed E-state index contributed by atoms with van der Waals surface area (Å²) in [4.78, 5) is 2.53. The smallest absolute Gasteiger partial charge is 0.0237 e. The van der Waals surface area contributed by atoms with E-state index in [2.05, 4.69) is 36.1 Å². The molecule has 1 unspecified atom stereocenters. The molecule has 0 aromatic heterocycles. The van der Waals surface area contributed by atoms with Crippen molar-refractivity contribution >= 4 is 0 Å². The quantitative estimate of drug-likeness (QED) is 0.816. The first-order valence-electron chi connectivity index (χ1n) is 5.79. The molecule has 0 radical (unpaired) electrons. The van der Waals surface area contributed by atoms with Crippen molar-refractivity contribution in [3.8, 4) is 0 Å². The molecule has 0 saturated carbocycles. The summed E-state index contributed by atoms with van der Waals surface area (Å²) in [5.74, 6) is 0.857. The normalized spacial score (nSPS) is 22.1. The lowest BCUT2D eigenvalue weighted by Crippen LogP contribution is -2.20. The third kappa shape index (κ3) is 2.58. The average molecular weight is 204 g/mol. The summed E-state index contributed by atoms with van der Waals surface area (Å²) < 4.78 is 0. The Hall–Kier alpha value is -0.860. The summed E-state index contributed by atoms with van der Waals surface area (Å²) in [5, 5.41) is 0. The second-order valence-electron chi connectivity index (χ2n) is 4.60. The highest BCUT2D eigenvalue weighted by Crippen LogP contribution is 2.19. The Morgan fingerprint density at radius 2 is 2.07 bits per heavy atom. The van der Waals surface area contributed by atoms with Crippen molar-refractivity contribution < 1.29 is 0 Å². The molecule has 0 bridgehead atoms. The number of nitrogens with zero attached hydrogens (tertiary/aromatic N) is 1. The van der Waals surface area contributed by atoms with Gasteiger partial charge in [-0.05, 0) is 30.0 Å². The topological polar surface area (TPSA) is 29.3 Å². The van der Waals surface area contributed by atoms with Crippen LogP contribution in [0.4, 0.5) is 0 Å². The molecule has 1 atom stereocenters. The molecule has 1 aromatic carbocycles. The molecule has 0 aliphatic carbocycles. The van der Waals surface area contributed by atoms with E-state index in [0.29, 0.717) is 6.54 Å². The number of nitrogens with two attached hydrogens (primary N) is 1. The van der Waals surface area contributed by atoms with Gasteiger partial charge in [0.1, 0.15) is 0 Å². The van der Waals surface area contributed by atoms with Crippen LogP contribution in [0.5, 0.6) is 0 Å². The van der Waals surface area contributed by atoms with Crippen LogP contribution in [0, 0.1) is 5.92 Å². The van der Waals surface area contributed by atoms with Crippen LogP contribution >= 0.6 is 0 Å². The minimum Gasteiger partial charge on any atom is -0.326 e. The third-order valence-corrected chi connectivity index (χ3v) is 3.24. The fourth-order valence-corrected chi connectivity index (χ4v) is 2.32. The third-order valence-electron chi connectivity index (χ3n) is 3.24. The fourth-order valence-electron chi connectivity index (χ4n) is 2.32. The molecule has 1 aliphatic rings. The summed E-state index contributed by atoms with van der Waals surface area (Å²) in [6, 6.07) is 8.51. The van der Waals surface area contributed by atoms with E-state index in [1.54, 1.807) is 0 Å². The van der Waals surface area contributed by atoms with E-state index in [0.717, 1.165) is 12.5 Å². The SMILES string of the molecule is CC1CCN(Cc2ccccc2CN)C1. The monoisotopic (exact) mass is 204 g/mol. The molecule has 1 fully saturated rings. The van der Waals surface area contributed by atoms with Gasteiger partial charge in [0.25, 0.3) is 0 Å². The summed E-state index contributed by atoms with van der Waals surface area (Å²) in [6.45, 7) is 6.52. The molecular weight excluding hydrogens is 184 g/mol. The van der Waals surface area contributed by atoms with Crippen molar-refractivity contribution in [1.82, 2.24) is 4.90 Å². The number of hydrogen-bond acceptors (Lipinski definition) is 2. The zero-order chi connectivity index (χ0) is 10.7. The van der Waals surface area contributed by atoms with Gasteiger partial charge in [0.2, 0.25) is 0 Å². The standard InChI is InChI=1S/C13H20N2/c1-11-6-7-15(9-11)10-13-5-3-2-4-12(13)8-14/h2-5,11H,6-10,14H2,1H3. The van der Waals surface area contributed by atoms with Crippen LogP contribution < -0.4 is 5.73 Å². The van der Waals surface area contributed by atoms with Gasteiger partial charge in [-0.15, -0.1) is 0 Å². The molecule has 0 amide bonds. The van der Waals surface area contributed by atoms with Gasteiger partial charge in [-0.1, -0.05) is 31.2 Å². The predicted octanol–water partition coefficient (Wildman–Crippen LogP) is 1.99. The Balaban J connectivity index is 2.04. The van der Waals surface area contributed by atoms with Crippen molar-refractivity contribution in [1.29, 1.82) is 0 Å². The lowest BCUT2D eigenvalue weighted by Gasteiger charge is -2.17. The van der Waals surface area contributed by atoms with Gasteiger partial charge in [0.05, 0.1) is 0 Å². The van der Waals surface area contributed by atoms with E-state index < -0.39 is 0 Å². The van der Waals surface area contributed by atoms with E-state index >= 15 is 0 Å². The first-order valence-corrected chi connectivity index (χ1v) is 5.79. The van der Waals surface area contributed by atoms with Crippen LogP contribution in [0.25, 0.3) is 0 Å². The highest BCUT2D eigenvalue weighted by atomic mass is 15.1. The van der Waals surface area contributed by atoms with Gasteiger partial charge in [-0.3, -0.25) is 4.90 Å². The van der Waals surface area contributed by atoms with Gasteiger partial charge >= 0.3 is 0 Å². The van der Waals surface area contributed by atoms with E-state index in [1.165, 1.54) is 30.6 Å². The maximum atomic E-state index is 5.73. The molecule has 82 valence electrons. The minimum absolute atomic E-state index is 0.652. The molecule has 1 saturated heterocycles. The Morgan fingerprint density at radius 1 is 1.33 bits per heavy atom. The number of hydrogen-bond donors (Lipinski definition) is 1. The number of benzene rings is 1. The molecule has 2 heteroatoms. The highest BCUT2D eigenvalue weighted by molar-refractivity contribution is 5.26. The second-order valence-corrected chi connectivity index (χ2v) is 4.60. The largest absolute Gasteiger partial charge is 0.326 e. The number of rotatable bonds is 3. The van der Waals surface area contributed by atoms with Crippen molar-refractivity contribution in [3.63, 3.8) is 0 Å². The molecular formula is C13H20N2. The van der Waals surface area contributed by atoms with Gasteiger partial charge in [-0.2, -0.15) is 0 Å². The predicted molar refractivity (Wildman–Crippen MR) is 63.4 cm³/mol. The van der Waals surface area contributed by atoms with Crippen molar-refractivity contribution in [3.05, 3.63) is 35.4 Å². The van der Waals surface area contributed by atoms with Crippen LogP contribution in [0.15, 0.2) is 24.3 Å².